The first-order valence-corrected chi connectivity index (χ1v) is 10.8. The number of rotatable bonds is 5. The van der Waals surface area contributed by atoms with Gasteiger partial charge in [0.15, 0.2) is 5.75 Å². The molecule has 0 saturated carbocycles. The second-order valence-electron chi connectivity index (χ2n) is 5.84. The van der Waals surface area contributed by atoms with Crippen LogP contribution >= 0.6 is 0 Å². The molecule has 0 spiro atoms. The first kappa shape index (κ1) is 28.8. The van der Waals surface area contributed by atoms with Crippen LogP contribution in [0.1, 0.15) is 0 Å². The molecule has 0 aromatic heterocycles. The maximum absolute atomic E-state index is 11.9. The fourth-order valence-corrected chi connectivity index (χ4v) is 4.91. The van der Waals surface area contributed by atoms with Crippen LogP contribution in [0.25, 0.3) is 10.8 Å². The molecule has 158 valence electrons. The molecular formula is C17H12N2Na2O9S2. The molecule has 3 aromatic carbocycles. The Morgan fingerprint density at radius 2 is 1.44 bits per heavy atom. The Hall–Kier alpha value is -1.26. The zero-order valence-electron chi connectivity index (χ0n) is 17.0. The van der Waals surface area contributed by atoms with Gasteiger partial charge in [0.1, 0.15) is 48.0 Å². The average molecular weight is 498 g/mol. The van der Waals surface area contributed by atoms with Crippen LogP contribution in [-0.4, -0.2) is 43.3 Å². The third-order valence-corrected chi connectivity index (χ3v) is 5.96. The van der Waals surface area contributed by atoms with Crippen LogP contribution in [0.3, 0.4) is 0 Å². The number of ether oxygens (including phenoxy) is 1. The van der Waals surface area contributed by atoms with E-state index in [4.69, 9.17) is 4.74 Å². The predicted molar refractivity (Wildman–Crippen MR) is 100 cm³/mol. The Bertz CT molecular complexity index is 1410. The van der Waals surface area contributed by atoms with E-state index in [2.05, 4.69) is 10.2 Å². The number of benzene rings is 3. The Morgan fingerprint density at radius 1 is 0.844 bits per heavy atom. The van der Waals surface area contributed by atoms with Crippen molar-refractivity contribution in [3.8, 4) is 17.2 Å². The van der Waals surface area contributed by atoms with Crippen molar-refractivity contribution in [2.24, 2.45) is 10.2 Å². The van der Waals surface area contributed by atoms with E-state index >= 15 is 0 Å². The number of hydrogen-bond acceptors (Lipinski definition) is 11. The summed E-state index contributed by atoms with van der Waals surface area (Å²) in [6.07, 6.45) is 0. The molecule has 0 amide bonds. The fourth-order valence-electron chi connectivity index (χ4n) is 2.82. The van der Waals surface area contributed by atoms with Gasteiger partial charge in [0.25, 0.3) is 0 Å². The number of nitrogens with zero attached hydrogens (tertiary/aromatic N) is 2. The van der Waals surface area contributed by atoms with Gasteiger partial charge in [-0.15, -0.1) is 10.2 Å². The molecule has 0 saturated heterocycles. The number of aromatic hydroxyl groups is 2. The van der Waals surface area contributed by atoms with Crippen molar-refractivity contribution in [2.75, 3.05) is 7.11 Å². The first-order valence-electron chi connectivity index (χ1n) is 7.94. The van der Waals surface area contributed by atoms with Crippen molar-refractivity contribution in [3.05, 3.63) is 42.5 Å². The number of azo groups is 1. The average Bonchev–Trinajstić information content (AvgIpc) is 2.65. The minimum atomic E-state index is -5.65. The van der Waals surface area contributed by atoms with E-state index in [-0.39, 0.29) is 70.6 Å². The van der Waals surface area contributed by atoms with Crippen molar-refractivity contribution >= 4 is 42.4 Å². The number of para-hydroxylation sites is 1. The van der Waals surface area contributed by atoms with Gasteiger partial charge in [0, 0.05) is 5.39 Å². The predicted octanol–water partition coefficient (Wildman–Crippen LogP) is -3.51. The fraction of sp³-hybridized carbons (Fsp3) is 0.0588. The van der Waals surface area contributed by atoms with Crippen molar-refractivity contribution in [1.29, 1.82) is 0 Å². The second kappa shape index (κ2) is 10.8. The van der Waals surface area contributed by atoms with E-state index < -0.39 is 58.0 Å². The van der Waals surface area contributed by atoms with E-state index in [0.717, 1.165) is 18.2 Å². The van der Waals surface area contributed by atoms with Crippen LogP contribution in [0.15, 0.2) is 62.5 Å². The van der Waals surface area contributed by atoms with Crippen molar-refractivity contribution in [1.82, 2.24) is 0 Å². The number of hydrogen-bond donors (Lipinski definition) is 2. The van der Waals surface area contributed by atoms with Gasteiger partial charge in [-0.25, -0.2) is 16.8 Å². The van der Waals surface area contributed by atoms with Gasteiger partial charge in [-0.2, -0.15) is 0 Å². The molecule has 0 heterocycles. The number of phenolic OH excluding ortho intramolecular Hbond substituents is 2. The van der Waals surface area contributed by atoms with Crippen LogP contribution in [0.4, 0.5) is 11.4 Å². The number of methoxy groups -OCH3 is 1. The molecule has 32 heavy (non-hydrogen) atoms. The van der Waals surface area contributed by atoms with Crippen LogP contribution in [0.5, 0.6) is 17.2 Å². The van der Waals surface area contributed by atoms with Crippen LogP contribution in [0.2, 0.25) is 0 Å². The summed E-state index contributed by atoms with van der Waals surface area (Å²) in [7, 11) is -9.91. The molecule has 3 aromatic rings. The molecule has 3 rings (SSSR count). The maximum atomic E-state index is 11.9. The Morgan fingerprint density at radius 3 is 2.00 bits per heavy atom. The molecule has 2 N–H and O–H groups in total. The largest absolute Gasteiger partial charge is 1.00 e. The Balaban J connectivity index is 0.00000256. The summed E-state index contributed by atoms with van der Waals surface area (Å²) in [5.74, 6) is -1.55. The summed E-state index contributed by atoms with van der Waals surface area (Å²) < 4.78 is 76.2. The SMILES string of the molecule is COc1ccccc1N=Nc1c(S(=O)(=O)[O-])c(S(=O)(=O)[O-])c2cccc(O)c2c1O.[Na+].[Na+]. The molecule has 0 aliphatic heterocycles. The quantitative estimate of drug-likeness (QED) is 0.204. The van der Waals surface area contributed by atoms with Gasteiger partial charge >= 0.3 is 59.1 Å². The van der Waals surface area contributed by atoms with Gasteiger partial charge in [-0.3, -0.25) is 0 Å². The summed E-state index contributed by atoms with van der Waals surface area (Å²) in [4.78, 5) is -3.03. The summed E-state index contributed by atoms with van der Waals surface area (Å²) >= 11 is 0. The normalized spacial score (nSPS) is 11.7. The first-order chi connectivity index (χ1) is 14.0. The van der Waals surface area contributed by atoms with Crippen molar-refractivity contribution in [3.63, 3.8) is 0 Å². The number of fused-ring (bicyclic) bond motifs is 1. The van der Waals surface area contributed by atoms with Gasteiger partial charge in [-0.05, 0) is 18.2 Å². The topological polar surface area (TPSA) is 189 Å². The number of phenols is 2. The van der Waals surface area contributed by atoms with E-state index in [1.807, 2.05) is 0 Å². The van der Waals surface area contributed by atoms with Gasteiger partial charge in [-0.1, -0.05) is 24.3 Å². The van der Waals surface area contributed by atoms with Crippen molar-refractivity contribution < 1.29 is 100 Å². The summed E-state index contributed by atoms with van der Waals surface area (Å²) in [6.45, 7) is 0. The summed E-state index contributed by atoms with van der Waals surface area (Å²) in [6, 6.07) is 9.11. The molecule has 11 nitrogen and oxygen atoms in total. The van der Waals surface area contributed by atoms with E-state index in [0.29, 0.717) is 0 Å². The molecule has 0 fully saturated rings. The molecule has 15 heteroatoms. The Labute approximate surface area is 227 Å². The molecule has 0 bridgehead atoms. The maximum Gasteiger partial charge on any atom is 1.00 e. The summed E-state index contributed by atoms with van der Waals surface area (Å²) in [5, 5.41) is 26.5. The smallest absolute Gasteiger partial charge is 0.744 e. The monoisotopic (exact) mass is 498 g/mol. The van der Waals surface area contributed by atoms with Gasteiger partial charge in [0.05, 0.1) is 17.4 Å². The standard InChI is InChI=1S/C17H14N2O9S2.2Na/c1-28-12-8-3-2-6-10(12)18-19-14-15(21)13-9(5-4-7-11(13)20)16(29(22,23)24)17(14)30(25,26)27;;/h2-8,20-21H,1H3,(H,22,23,24)(H,25,26,27);;/q;2*+1/p-2. The zero-order valence-corrected chi connectivity index (χ0v) is 22.6. The minimum Gasteiger partial charge on any atom is -0.744 e. The molecule has 0 aliphatic carbocycles. The van der Waals surface area contributed by atoms with Crippen LogP contribution in [0, 0.1) is 0 Å². The Kier molecular flexibility index (Phi) is 9.69. The van der Waals surface area contributed by atoms with Crippen molar-refractivity contribution in [2.45, 2.75) is 9.79 Å². The zero-order chi connectivity index (χ0) is 22.3. The second-order valence-corrected chi connectivity index (χ2v) is 8.47. The molecule has 0 unspecified atom stereocenters. The third-order valence-electron chi connectivity index (χ3n) is 4.01. The van der Waals surface area contributed by atoms with Gasteiger partial charge in [0.2, 0.25) is 0 Å². The van der Waals surface area contributed by atoms with E-state index in [9.17, 15) is 36.2 Å². The molecule has 0 aliphatic rings. The molecule has 0 radical (unpaired) electrons. The van der Waals surface area contributed by atoms with E-state index in [1.54, 1.807) is 6.07 Å². The van der Waals surface area contributed by atoms with Gasteiger partial charge < -0.3 is 24.1 Å². The van der Waals surface area contributed by atoms with Crippen LogP contribution < -0.4 is 63.9 Å². The minimum absolute atomic E-state index is 0. The third kappa shape index (κ3) is 5.62. The summed E-state index contributed by atoms with van der Waals surface area (Å²) in [5.41, 5.74) is -1.07. The molecule has 0 atom stereocenters. The van der Waals surface area contributed by atoms with Crippen LogP contribution in [-0.2, 0) is 20.2 Å². The van der Waals surface area contributed by atoms with E-state index in [1.165, 1.54) is 25.3 Å². The molecular weight excluding hydrogens is 486 g/mol.